The van der Waals surface area contributed by atoms with Gasteiger partial charge < -0.3 is 10.6 Å². The molecule has 19 heavy (non-hydrogen) atoms. The molecule has 3 nitrogen and oxygen atoms in total. The van der Waals surface area contributed by atoms with Crippen LogP contribution in [0.5, 0.6) is 0 Å². The second-order valence-electron chi connectivity index (χ2n) is 7.04. The largest absolute Gasteiger partial charge is 0.341 e. The summed E-state index contributed by atoms with van der Waals surface area (Å²) in [5, 5.41) is 0. The Morgan fingerprint density at radius 1 is 1.00 bits per heavy atom. The van der Waals surface area contributed by atoms with Crippen LogP contribution in [0.4, 0.5) is 0 Å². The van der Waals surface area contributed by atoms with Gasteiger partial charge in [0.2, 0.25) is 5.91 Å². The first-order chi connectivity index (χ1) is 9.24. The maximum absolute atomic E-state index is 12.5. The van der Waals surface area contributed by atoms with E-state index >= 15 is 0 Å². The SMILES string of the molecule is NC(CC1CCCCC1)C(=O)N1CC2CCCC2C1. The van der Waals surface area contributed by atoms with Crippen molar-refractivity contribution >= 4 is 5.91 Å². The summed E-state index contributed by atoms with van der Waals surface area (Å²) in [6, 6.07) is -0.234. The summed E-state index contributed by atoms with van der Waals surface area (Å²) < 4.78 is 0. The molecule has 0 bridgehead atoms. The third kappa shape index (κ3) is 2.96. The number of hydrogen-bond donors (Lipinski definition) is 1. The van der Waals surface area contributed by atoms with Crippen LogP contribution in [0.2, 0.25) is 0 Å². The van der Waals surface area contributed by atoms with E-state index in [0.29, 0.717) is 5.92 Å². The number of nitrogens with zero attached hydrogens (tertiary/aromatic N) is 1. The summed E-state index contributed by atoms with van der Waals surface area (Å²) in [5.74, 6) is 2.51. The van der Waals surface area contributed by atoms with Crippen molar-refractivity contribution in [3.05, 3.63) is 0 Å². The van der Waals surface area contributed by atoms with E-state index in [1.165, 1.54) is 51.4 Å². The van der Waals surface area contributed by atoms with Gasteiger partial charge in [0.15, 0.2) is 0 Å². The van der Waals surface area contributed by atoms with Crippen molar-refractivity contribution in [2.24, 2.45) is 23.5 Å². The van der Waals surface area contributed by atoms with Crippen LogP contribution >= 0.6 is 0 Å². The molecule has 1 amide bonds. The summed E-state index contributed by atoms with van der Waals surface area (Å²) in [4.78, 5) is 14.5. The van der Waals surface area contributed by atoms with Crippen molar-refractivity contribution in [3.63, 3.8) is 0 Å². The number of fused-ring (bicyclic) bond motifs is 1. The second kappa shape index (κ2) is 5.82. The van der Waals surface area contributed by atoms with Gasteiger partial charge in [-0.3, -0.25) is 4.79 Å². The fourth-order valence-electron chi connectivity index (χ4n) is 4.53. The number of amides is 1. The third-order valence-electron chi connectivity index (χ3n) is 5.67. The molecule has 0 spiro atoms. The van der Waals surface area contributed by atoms with Gasteiger partial charge in [0, 0.05) is 13.1 Å². The molecule has 0 radical (unpaired) electrons. The molecular formula is C16H28N2O. The van der Waals surface area contributed by atoms with E-state index in [4.69, 9.17) is 5.73 Å². The van der Waals surface area contributed by atoms with E-state index in [0.717, 1.165) is 31.3 Å². The van der Waals surface area contributed by atoms with Gasteiger partial charge in [0.05, 0.1) is 6.04 Å². The minimum atomic E-state index is -0.234. The van der Waals surface area contributed by atoms with E-state index in [2.05, 4.69) is 4.90 Å². The second-order valence-corrected chi connectivity index (χ2v) is 7.04. The van der Waals surface area contributed by atoms with Crippen molar-refractivity contribution in [2.75, 3.05) is 13.1 Å². The molecule has 0 aromatic carbocycles. The highest BCUT2D eigenvalue weighted by Crippen LogP contribution is 2.38. The predicted octanol–water partition coefficient (Wildman–Crippen LogP) is 2.54. The monoisotopic (exact) mass is 264 g/mol. The van der Waals surface area contributed by atoms with Crippen LogP contribution in [-0.2, 0) is 4.79 Å². The van der Waals surface area contributed by atoms with Crippen LogP contribution < -0.4 is 5.73 Å². The third-order valence-corrected chi connectivity index (χ3v) is 5.67. The molecule has 3 heteroatoms. The Kier molecular flexibility index (Phi) is 4.11. The molecule has 1 saturated heterocycles. The standard InChI is InChI=1S/C16H28N2O/c17-15(9-12-5-2-1-3-6-12)16(19)18-10-13-7-4-8-14(13)11-18/h12-15H,1-11,17H2. The minimum absolute atomic E-state index is 0.234. The van der Waals surface area contributed by atoms with Crippen LogP contribution in [0.15, 0.2) is 0 Å². The highest BCUT2D eigenvalue weighted by molar-refractivity contribution is 5.82. The van der Waals surface area contributed by atoms with Gasteiger partial charge in [0.25, 0.3) is 0 Å². The maximum atomic E-state index is 12.5. The van der Waals surface area contributed by atoms with Crippen LogP contribution in [0.25, 0.3) is 0 Å². The lowest BCUT2D eigenvalue weighted by Gasteiger charge is -2.27. The topological polar surface area (TPSA) is 46.3 Å². The molecule has 1 aliphatic heterocycles. The molecule has 3 fully saturated rings. The normalized spacial score (nSPS) is 33.4. The fraction of sp³-hybridized carbons (Fsp3) is 0.938. The Morgan fingerprint density at radius 2 is 1.63 bits per heavy atom. The zero-order valence-electron chi connectivity index (χ0n) is 12.0. The Bertz CT molecular complexity index is 313. The molecule has 2 N–H and O–H groups in total. The smallest absolute Gasteiger partial charge is 0.239 e. The summed E-state index contributed by atoms with van der Waals surface area (Å²) in [6.07, 6.45) is 11.5. The van der Waals surface area contributed by atoms with Crippen molar-refractivity contribution in [1.82, 2.24) is 4.90 Å². The lowest BCUT2D eigenvalue weighted by atomic mass is 9.85. The van der Waals surface area contributed by atoms with Gasteiger partial charge in [-0.05, 0) is 37.0 Å². The molecule has 0 aromatic rings. The van der Waals surface area contributed by atoms with Crippen molar-refractivity contribution in [3.8, 4) is 0 Å². The summed E-state index contributed by atoms with van der Waals surface area (Å²) in [5.41, 5.74) is 6.19. The van der Waals surface area contributed by atoms with E-state index < -0.39 is 0 Å². The van der Waals surface area contributed by atoms with Gasteiger partial charge in [-0.1, -0.05) is 38.5 Å². The average molecular weight is 264 g/mol. The Balaban J connectivity index is 1.49. The highest BCUT2D eigenvalue weighted by Gasteiger charge is 2.39. The van der Waals surface area contributed by atoms with Crippen LogP contribution in [0, 0.1) is 17.8 Å². The number of carbonyl (C=O) groups is 1. The van der Waals surface area contributed by atoms with Crippen LogP contribution in [-0.4, -0.2) is 29.9 Å². The molecule has 3 atom stereocenters. The first-order valence-corrected chi connectivity index (χ1v) is 8.28. The summed E-state index contributed by atoms with van der Waals surface area (Å²) >= 11 is 0. The molecule has 1 heterocycles. The molecule has 0 aromatic heterocycles. The summed E-state index contributed by atoms with van der Waals surface area (Å²) in [7, 11) is 0. The van der Waals surface area contributed by atoms with E-state index in [9.17, 15) is 4.79 Å². The van der Waals surface area contributed by atoms with Gasteiger partial charge >= 0.3 is 0 Å². The van der Waals surface area contributed by atoms with Gasteiger partial charge in [-0.25, -0.2) is 0 Å². The Morgan fingerprint density at radius 3 is 2.26 bits per heavy atom. The fourth-order valence-corrected chi connectivity index (χ4v) is 4.53. The van der Waals surface area contributed by atoms with E-state index in [1.54, 1.807) is 0 Å². The molecule has 108 valence electrons. The number of likely N-dealkylation sites (tertiary alicyclic amines) is 1. The van der Waals surface area contributed by atoms with Crippen molar-refractivity contribution in [1.29, 1.82) is 0 Å². The lowest BCUT2D eigenvalue weighted by molar-refractivity contribution is -0.132. The van der Waals surface area contributed by atoms with Crippen molar-refractivity contribution < 1.29 is 4.79 Å². The average Bonchev–Trinajstić information content (AvgIpc) is 2.99. The zero-order chi connectivity index (χ0) is 13.2. The number of rotatable bonds is 3. The van der Waals surface area contributed by atoms with E-state index in [1.807, 2.05) is 0 Å². The van der Waals surface area contributed by atoms with Crippen LogP contribution in [0.3, 0.4) is 0 Å². The molecule has 3 unspecified atom stereocenters. The molecule has 3 aliphatic rings. The van der Waals surface area contributed by atoms with E-state index in [-0.39, 0.29) is 11.9 Å². The zero-order valence-corrected chi connectivity index (χ0v) is 12.0. The van der Waals surface area contributed by atoms with Crippen molar-refractivity contribution in [2.45, 2.75) is 63.8 Å². The number of carbonyl (C=O) groups excluding carboxylic acids is 1. The number of nitrogens with two attached hydrogens (primary N) is 1. The van der Waals surface area contributed by atoms with Crippen LogP contribution in [0.1, 0.15) is 57.8 Å². The van der Waals surface area contributed by atoms with Gasteiger partial charge in [-0.15, -0.1) is 0 Å². The summed E-state index contributed by atoms with van der Waals surface area (Å²) in [6.45, 7) is 1.98. The predicted molar refractivity (Wildman–Crippen MR) is 76.6 cm³/mol. The Labute approximate surface area is 116 Å². The molecule has 2 aliphatic carbocycles. The lowest BCUT2D eigenvalue weighted by Crippen LogP contribution is -2.44. The molecule has 2 saturated carbocycles. The first kappa shape index (κ1) is 13.4. The Hall–Kier alpha value is -0.570. The number of hydrogen-bond acceptors (Lipinski definition) is 2. The molecule has 3 rings (SSSR count). The first-order valence-electron chi connectivity index (χ1n) is 8.28. The highest BCUT2D eigenvalue weighted by atomic mass is 16.2. The molecular weight excluding hydrogens is 236 g/mol. The minimum Gasteiger partial charge on any atom is -0.341 e. The maximum Gasteiger partial charge on any atom is 0.239 e. The van der Waals surface area contributed by atoms with Gasteiger partial charge in [0.1, 0.15) is 0 Å². The van der Waals surface area contributed by atoms with Gasteiger partial charge in [-0.2, -0.15) is 0 Å². The quantitative estimate of drug-likeness (QED) is 0.851.